The fourth-order valence-corrected chi connectivity index (χ4v) is 1.69. The van der Waals surface area contributed by atoms with E-state index < -0.39 is 0 Å². The van der Waals surface area contributed by atoms with Crippen LogP contribution in [0.5, 0.6) is 0 Å². The van der Waals surface area contributed by atoms with Gasteiger partial charge in [0.05, 0.1) is 0 Å². The van der Waals surface area contributed by atoms with Crippen LogP contribution in [0, 0.1) is 16.7 Å². The van der Waals surface area contributed by atoms with Crippen LogP contribution in [0.25, 0.3) is 0 Å². The summed E-state index contributed by atoms with van der Waals surface area (Å²) in [5.41, 5.74) is 5.43. The van der Waals surface area contributed by atoms with Gasteiger partial charge in [0.25, 0.3) is 0 Å². The molecule has 4 heteroatoms. The van der Waals surface area contributed by atoms with Gasteiger partial charge in [0.2, 0.25) is 0 Å². The van der Waals surface area contributed by atoms with Gasteiger partial charge in [0, 0.05) is 25.6 Å². The van der Waals surface area contributed by atoms with Crippen LogP contribution in [0.15, 0.2) is 0 Å². The van der Waals surface area contributed by atoms with Crippen molar-refractivity contribution in [2.75, 3.05) is 19.7 Å². The predicted octanol–water partition coefficient (Wildman–Crippen LogP) is -0.170. The molecule has 1 fully saturated rings. The van der Waals surface area contributed by atoms with E-state index in [-0.39, 0.29) is 23.9 Å². The number of nitrogens with two attached hydrogens (primary N) is 1. The zero-order valence-corrected chi connectivity index (χ0v) is 7.67. The Morgan fingerprint density at radius 1 is 1.75 bits per heavy atom. The molecule has 4 N–H and O–H groups in total. The van der Waals surface area contributed by atoms with Crippen LogP contribution in [-0.4, -0.2) is 35.7 Å². The van der Waals surface area contributed by atoms with Crippen LogP contribution < -0.4 is 5.73 Å². The SMILES string of the molecule is CC1(C)CN(C(=N)N)C[C@@H]1CO. The van der Waals surface area contributed by atoms with Gasteiger partial charge in [0.15, 0.2) is 5.96 Å². The van der Waals surface area contributed by atoms with E-state index >= 15 is 0 Å². The number of hydrogen-bond acceptors (Lipinski definition) is 2. The summed E-state index contributed by atoms with van der Waals surface area (Å²) in [6.07, 6.45) is 0. The highest BCUT2D eigenvalue weighted by Gasteiger charge is 2.39. The quantitative estimate of drug-likeness (QED) is 0.379. The summed E-state index contributed by atoms with van der Waals surface area (Å²) in [6, 6.07) is 0. The average Bonchev–Trinajstić information content (AvgIpc) is 2.25. The summed E-state index contributed by atoms with van der Waals surface area (Å²) in [5.74, 6) is 0.348. The first-order valence-corrected chi connectivity index (χ1v) is 4.17. The molecule has 0 aromatic heterocycles. The van der Waals surface area contributed by atoms with Gasteiger partial charge in [-0.15, -0.1) is 0 Å². The first-order chi connectivity index (χ1) is 5.47. The minimum atomic E-state index is 0.0699. The number of likely N-dealkylation sites (tertiary alicyclic amines) is 1. The number of nitrogens with zero attached hydrogens (tertiary/aromatic N) is 1. The Labute approximate surface area is 72.9 Å². The van der Waals surface area contributed by atoms with Gasteiger partial charge in [-0.05, 0) is 5.41 Å². The smallest absolute Gasteiger partial charge is 0.188 e. The molecule has 1 rings (SSSR count). The van der Waals surface area contributed by atoms with Gasteiger partial charge in [-0.3, -0.25) is 5.41 Å². The van der Waals surface area contributed by atoms with E-state index in [2.05, 4.69) is 13.8 Å². The van der Waals surface area contributed by atoms with Crippen LogP contribution in [0.1, 0.15) is 13.8 Å². The Hall–Kier alpha value is -0.770. The van der Waals surface area contributed by atoms with E-state index in [4.69, 9.17) is 16.2 Å². The van der Waals surface area contributed by atoms with Gasteiger partial charge in [-0.25, -0.2) is 0 Å². The molecule has 70 valence electrons. The van der Waals surface area contributed by atoms with E-state index in [0.717, 1.165) is 6.54 Å². The molecule has 0 spiro atoms. The van der Waals surface area contributed by atoms with Gasteiger partial charge < -0.3 is 15.7 Å². The Balaban J connectivity index is 2.66. The largest absolute Gasteiger partial charge is 0.396 e. The van der Waals surface area contributed by atoms with Crippen molar-refractivity contribution in [3.8, 4) is 0 Å². The second kappa shape index (κ2) is 2.94. The molecule has 1 aliphatic heterocycles. The average molecular weight is 171 g/mol. The summed E-state index contributed by atoms with van der Waals surface area (Å²) in [4.78, 5) is 1.81. The fourth-order valence-electron chi connectivity index (χ4n) is 1.69. The molecule has 0 bridgehead atoms. The van der Waals surface area contributed by atoms with Crippen molar-refractivity contribution in [3.05, 3.63) is 0 Å². The monoisotopic (exact) mass is 171 g/mol. The first-order valence-electron chi connectivity index (χ1n) is 4.17. The molecule has 1 saturated heterocycles. The van der Waals surface area contributed by atoms with E-state index in [9.17, 15) is 0 Å². The third kappa shape index (κ3) is 1.53. The molecule has 0 aliphatic carbocycles. The van der Waals surface area contributed by atoms with Crippen LogP contribution in [0.2, 0.25) is 0 Å². The van der Waals surface area contributed by atoms with Crippen molar-refractivity contribution < 1.29 is 5.11 Å². The Bertz CT molecular complexity index is 191. The first kappa shape index (κ1) is 9.32. The molecule has 0 aromatic carbocycles. The Morgan fingerprint density at radius 2 is 2.33 bits per heavy atom. The standard InChI is InChI=1S/C8H17N3O/c1-8(2)5-11(7(9)10)3-6(8)4-12/h6,12H,3-5H2,1-2H3,(H3,9,10)/t6-/m1/s1. The Morgan fingerprint density at radius 3 is 2.58 bits per heavy atom. The van der Waals surface area contributed by atoms with Crippen molar-refractivity contribution in [1.82, 2.24) is 4.90 Å². The molecule has 1 heterocycles. The van der Waals surface area contributed by atoms with Gasteiger partial charge in [-0.1, -0.05) is 13.8 Å². The highest BCUT2D eigenvalue weighted by Crippen LogP contribution is 2.34. The molecule has 0 radical (unpaired) electrons. The highest BCUT2D eigenvalue weighted by molar-refractivity contribution is 5.75. The van der Waals surface area contributed by atoms with Crippen molar-refractivity contribution in [3.63, 3.8) is 0 Å². The lowest BCUT2D eigenvalue weighted by atomic mass is 9.83. The minimum Gasteiger partial charge on any atom is -0.396 e. The summed E-state index contributed by atoms with van der Waals surface area (Å²) in [7, 11) is 0. The summed E-state index contributed by atoms with van der Waals surface area (Å²) in [6.45, 7) is 5.84. The van der Waals surface area contributed by atoms with Crippen molar-refractivity contribution in [1.29, 1.82) is 5.41 Å². The molecule has 1 aliphatic rings. The van der Waals surface area contributed by atoms with Crippen LogP contribution in [0.3, 0.4) is 0 Å². The molecular formula is C8H17N3O. The highest BCUT2D eigenvalue weighted by atomic mass is 16.3. The summed E-state index contributed by atoms with van der Waals surface area (Å²) >= 11 is 0. The lowest BCUT2D eigenvalue weighted by Crippen LogP contribution is -2.35. The van der Waals surface area contributed by atoms with E-state index in [1.165, 1.54) is 0 Å². The van der Waals surface area contributed by atoms with Gasteiger partial charge >= 0.3 is 0 Å². The molecule has 0 unspecified atom stereocenters. The van der Waals surface area contributed by atoms with Gasteiger partial charge in [0.1, 0.15) is 0 Å². The van der Waals surface area contributed by atoms with Crippen molar-refractivity contribution >= 4 is 5.96 Å². The number of rotatable bonds is 1. The van der Waals surface area contributed by atoms with Crippen LogP contribution >= 0.6 is 0 Å². The number of hydrogen-bond donors (Lipinski definition) is 3. The topological polar surface area (TPSA) is 73.3 Å². The maximum atomic E-state index is 9.06. The molecule has 12 heavy (non-hydrogen) atoms. The molecule has 0 saturated carbocycles. The second-order valence-corrected chi connectivity index (χ2v) is 4.13. The summed E-state index contributed by atoms with van der Waals surface area (Å²) in [5, 5.41) is 16.3. The maximum Gasteiger partial charge on any atom is 0.188 e. The number of aliphatic hydroxyl groups excluding tert-OH is 1. The molecule has 0 amide bonds. The van der Waals surface area contributed by atoms with Gasteiger partial charge in [-0.2, -0.15) is 0 Å². The Kier molecular flexibility index (Phi) is 2.28. The minimum absolute atomic E-state index is 0.0699. The second-order valence-electron chi connectivity index (χ2n) is 4.13. The fraction of sp³-hybridized carbons (Fsp3) is 0.875. The lowest BCUT2D eigenvalue weighted by Gasteiger charge is -2.23. The van der Waals surface area contributed by atoms with E-state index in [1.807, 2.05) is 0 Å². The van der Waals surface area contributed by atoms with E-state index in [1.54, 1.807) is 4.90 Å². The molecule has 1 atom stereocenters. The number of aliphatic hydroxyl groups is 1. The normalized spacial score (nSPS) is 27.6. The van der Waals surface area contributed by atoms with Crippen LogP contribution in [0.4, 0.5) is 0 Å². The van der Waals surface area contributed by atoms with Crippen molar-refractivity contribution in [2.45, 2.75) is 13.8 Å². The zero-order valence-electron chi connectivity index (χ0n) is 7.67. The third-order valence-electron chi connectivity index (χ3n) is 2.71. The molecule has 0 aromatic rings. The predicted molar refractivity (Wildman–Crippen MR) is 47.8 cm³/mol. The zero-order chi connectivity index (χ0) is 9.35. The van der Waals surface area contributed by atoms with E-state index in [0.29, 0.717) is 6.54 Å². The van der Waals surface area contributed by atoms with Crippen molar-refractivity contribution in [2.24, 2.45) is 17.1 Å². The lowest BCUT2D eigenvalue weighted by molar-refractivity contribution is 0.161. The summed E-state index contributed by atoms with van der Waals surface area (Å²) < 4.78 is 0. The molecule has 4 nitrogen and oxygen atoms in total. The third-order valence-corrected chi connectivity index (χ3v) is 2.71. The number of guanidine groups is 1. The maximum absolute atomic E-state index is 9.06. The molecular weight excluding hydrogens is 154 g/mol. The number of nitrogens with one attached hydrogen (secondary N) is 1. The van der Waals surface area contributed by atoms with Crippen LogP contribution in [-0.2, 0) is 0 Å².